The van der Waals surface area contributed by atoms with E-state index in [9.17, 15) is 9.18 Å². The van der Waals surface area contributed by atoms with Crippen molar-refractivity contribution >= 4 is 37.6 Å². The fourth-order valence-electron chi connectivity index (χ4n) is 1.85. The number of rotatable bonds is 4. The number of carbonyl (C=O) groups is 1. The average molecular weight is 418 g/mol. The van der Waals surface area contributed by atoms with Crippen LogP contribution >= 0.6 is 31.9 Å². The van der Waals surface area contributed by atoms with Gasteiger partial charge in [0.25, 0.3) is 0 Å². The maximum Gasteiger partial charge on any atom is 0.195 e. The van der Waals surface area contributed by atoms with Crippen LogP contribution in [0.5, 0.6) is 11.5 Å². The van der Waals surface area contributed by atoms with Gasteiger partial charge in [0.2, 0.25) is 0 Å². The zero-order chi connectivity index (χ0) is 15.6. The maximum absolute atomic E-state index is 13.1. The number of carbonyl (C=O) groups excluding carboxylic acids is 1. The maximum atomic E-state index is 13.1. The first-order chi connectivity index (χ1) is 9.97. The predicted octanol–water partition coefficient (Wildman–Crippen LogP) is 4.60. The van der Waals surface area contributed by atoms with Crippen LogP contribution in [0.4, 0.5) is 4.39 Å². The quantitative estimate of drug-likeness (QED) is 0.682. The van der Waals surface area contributed by atoms with Crippen molar-refractivity contribution in [3.05, 3.63) is 56.2 Å². The molecule has 0 amide bonds. The normalized spacial score (nSPS) is 10.3. The number of halogens is 3. The Kier molecular flexibility index (Phi) is 5.00. The van der Waals surface area contributed by atoms with Crippen molar-refractivity contribution < 1.29 is 18.7 Å². The fourth-order valence-corrected chi connectivity index (χ4v) is 2.88. The third-order valence-corrected chi connectivity index (χ3v) is 4.21. The highest BCUT2D eigenvalue weighted by Gasteiger charge is 2.19. The van der Waals surface area contributed by atoms with Crippen molar-refractivity contribution in [3.63, 3.8) is 0 Å². The molecule has 2 aromatic rings. The summed E-state index contributed by atoms with van der Waals surface area (Å²) < 4.78 is 24.5. The summed E-state index contributed by atoms with van der Waals surface area (Å²) in [6, 6.07) is 7.17. The van der Waals surface area contributed by atoms with Gasteiger partial charge in [-0.1, -0.05) is 0 Å². The summed E-state index contributed by atoms with van der Waals surface area (Å²) in [4.78, 5) is 12.6. The molecule has 0 saturated heterocycles. The van der Waals surface area contributed by atoms with Crippen molar-refractivity contribution in [1.29, 1.82) is 0 Å². The SMILES string of the molecule is COc1cc(Br)c(C(=O)c2ccc(F)cc2Br)cc1OC. The Morgan fingerprint density at radius 2 is 1.52 bits per heavy atom. The number of ketones is 1. The number of hydrogen-bond donors (Lipinski definition) is 0. The van der Waals surface area contributed by atoms with Crippen LogP contribution in [0, 0.1) is 5.82 Å². The van der Waals surface area contributed by atoms with Gasteiger partial charge in [0.15, 0.2) is 17.3 Å². The molecular formula is C15H11Br2FO3. The van der Waals surface area contributed by atoms with E-state index in [1.165, 1.54) is 32.4 Å². The van der Waals surface area contributed by atoms with E-state index < -0.39 is 5.82 Å². The van der Waals surface area contributed by atoms with Crippen LogP contribution in [0.1, 0.15) is 15.9 Å². The van der Waals surface area contributed by atoms with E-state index in [1.54, 1.807) is 12.1 Å². The van der Waals surface area contributed by atoms with Crippen molar-refractivity contribution in [2.45, 2.75) is 0 Å². The molecular weight excluding hydrogens is 407 g/mol. The Labute approximate surface area is 138 Å². The van der Waals surface area contributed by atoms with Crippen molar-refractivity contribution in [2.75, 3.05) is 14.2 Å². The molecule has 0 radical (unpaired) electrons. The lowest BCUT2D eigenvalue weighted by molar-refractivity contribution is 0.103. The second kappa shape index (κ2) is 6.58. The highest BCUT2D eigenvalue weighted by atomic mass is 79.9. The molecule has 110 valence electrons. The highest BCUT2D eigenvalue weighted by molar-refractivity contribution is 9.11. The van der Waals surface area contributed by atoms with Gasteiger partial charge in [-0.3, -0.25) is 4.79 Å². The molecule has 0 unspecified atom stereocenters. The molecule has 3 nitrogen and oxygen atoms in total. The van der Waals surface area contributed by atoms with E-state index in [0.29, 0.717) is 31.6 Å². The Morgan fingerprint density at radius 3 is 2.10 bits per heavy atom. The third kappa shape index (κ3) is 3.27. The van der Waals surface area contributed by atoms with Crippen molar-refractivity contribution in [2.24, 2.45) is 0 Å². The molecule has 0 aromatic heterocycles. The lowest BCUT2D eigenvalue weighted by atomic mass is 10.0. The van der Waals surface area contributed by atoms with Gasteiger partial charge in [-0.05, 0) is 62.2 Å². The van der Waals surface area contributed by atoms with Crippen LogP contribution in [0.25, 0.3) is 0 Å². The molecule has 0 N–H and O–H groups in total. The summed E-state index contributed by atoms with van der Waals surface area (Å²) >= 11 is 6.54. The van der Waals surface area contributed by atoms with E-state index in [-0.39, 0.29) is 5.78 Å². The highest BCUT2D eigenvalue weighted by Crippen LogP contribution is 2.35. The van der Waals surface area contributed by atoms with E-state index in [0.717, 1.165) is 0 Å². The molecule has 2 aromatic carbocycles. The minimum atomic E-state index is -0.412. The number of ether oxygens (including phenoxy) is 2. The molecule has 21 heavy (non-hydrogen) atoms. The first-order valence-corrected chi connectivity index (χ1v) is 7.47. The molecule has 2 rings (SSSR count). The van der Waals surface area contributed by atoms with Gasteiger partial charge in [-0.15, -0.1) is 0 Å². The molecule has 0 aliphatic heterocycles. The minimum absolute atomic E-state index is 0.255. The topological polar surface area (TPSA) is 35.5 Å². The number of methoxy groups -OCH3 is 2. The van der Waals surface area contributed by atoms with Gasteiger partial charge in [0.05, 0.1) is 14.2 Å². The summed E-state index contributed by atoms with van der Waals surface area (Å²) in [6.07, 6.45) is 0. The minimum Gasteiger partial charge on any atom is -0.493 e. The van der Waals surface area contributed by atoms with Gasteiger partial charge in [0, 0.05) is 20.1 Å². The predicted molar refractivity (Wildman–Crippen MR) is 84.8 cm³/mol. The van der Waals surface area contributed by atoms with E-state index >= 15 is 0 Å². The lowest BCUT2D eigenvalue weighted by Gasteiger charge is -2.12. The molecule has 0 atom stereocenters. The molecule has 6 heteroatoms. The fraction of sp³-hybridized carbons (Fsp3) is 0.133. The average Bonchev–Trinajstić information content (AvgIpc) is 2.46. The lowest BCUT2D eigenvalue weighted by Crippen LogP contribution is -2.05. The molecule has 0 aliphatic rings. The molecule has 0 spiro atoms. The van der Waals surface area contributed by atoms with Gasteiger partial charge in [-0.2, -0.15) is 0 Å². The van der Waals surface area contributed by atoms with Gasteiger partial charge < -0.3 is 9.47 Å². The standard InChI is InChI=1S/C15H11Br2FO3/c1-20-13-6-10(12(17)7-14(13)21-2)15(19)9-4-3-8(18)5-11(9)16/h3-7H,1-2H3. The Hall–Kier alpha value is -1.40. The van der Waals surface area contributed by atoms with Crippen LogP contribution in [0.2, 0.25) is 0 Å². The van der Waals surface area contributed by atoms with Crippen molar-refractivity contribution in [1.82, 2.24) is 0 Å². The summed E-state index contributed by atoms with van der Waals surface area (Å²) in [5, 5.41) is 0. The van der Waals surface area contributed by atoms with E-state index in [2.05, 4.69) is 31.9 Å². The zero-order valence-corrected chi connectivity index (χ0v) is 14.4. The van der Waals surface area contributed by atoms with Crippen LogP contribution in [0.3, 0.4) is 0 Å². The first-order valence-electron chi connectivity index (χ1n) is 5.89. The molecule has 0 saturated carbocycles. The molecule has 0 heterocycles. The van der Waals surface area contributed by atoms with Gasteiger partial charge in [0.1, 0.15) is 5.82 Å². The number of benzene rings is 2. The second-order valence-corrected chi connectivity index (χ2v) is 5.85. The smallest absolute Gasteiger partial charge is 0.195 e. The summed E-state index contributed by atoms with van der Waals surface area (Å²) in [6.45, 7) is 0. The third-order valence-electron chi connectivity index (χ3n) is 2.89. The first kappa shape index (κ1) is 16.0. The van der Waals surface area contributed by atoms with Crippen LogP contribution in [-0.4, -0.2) is 20.0 Å². The Balaban J connectivity index is 2.53. The summed E-state index contributed by atoms with van der Waals surface area (Å²) in [5.41, 5.74) is 0.768. The van der Waals surface area contributed by atoms with E-state index in [1.807, 2.05) is 0 Å². The zero-order valence-electron chi connectivity index (χ0n) is 11.2. The summed E-state index contributed by atoms with van der Waals surface area (Å²) in [5.74, 6) is 0.292. The number of hydrogen-bond acceptors (Lipinski definition) is 3. The largest absolute Gasteiger partial charge is 0.493 e. The van der Waals surface area contributed by atoms with Crippen LogP contribution < -0.4 is 9.47 Å². The second-order valence-electron chi connectivity index (χ2n) is 4.14. The summed E-state index contributed by atoms with van der Waals surface area (Å²) in [7, 11) is 3.01. The van der Waals surface area contributed by atoms with Gasteiger partial charge >= 0.3 is 0 Å². The molecule has 0 bridgehead atoms. The van der Waals surface area contributed by atoms with E-state index in [4.69, 9.17) is 9.47 Å². The van der Waals surface area contributed by atoms with Gasteiger partial charge in [-0.25, -0.2) is 4.39 Å². The molecule has 0 fully saturated rings. The van der Waals surface area contributed by atoms with Crippen molar-refractivity contribution in [3.8, 4) is 11.5 Å². The Morgan fingerprint density at radius 1 is 0.952 bits per heavy atom. The Bertz CT molecular complexity index is 702. The monoisotopic (exact) mass is 416 g/mol. The molecule has 0 aliphatic carbocycles. The van der Waals surface area contributed by atoms with Crippen LogP contribution in [-0.2, 0) is 0 Å². The van der Waals surface area contributed by atoms with Crippen LogP contribution in [0.15, 0.2) is 39.3 Å².